The van der Waals surface area contributed by atoms with E-state index in [2.05, 4.69) is 37.0 Å². The molecule has 5 N–H and O–H groups in total. The number of pyridine rings is 1. The molecular weight excluding hydrogens is 518 g/mol. The second-order valence-corrected chi connectivity index (χ2v) is 10.2. The monoisotopic (exact) mass is 545 g/mol. The lowest BCUT2D eigenvalue weighted by Crippen LogP contribution is -2.36. The lowest BCUT2D eigenvalue weighted by molar-refractivity contribution is -0.123. The zero-order valence-corrected chi connectivity index (χ0v) is 21.2. The Morgan fingerprint density at radius 1 is 1.13 bits per heavy atom. The summed E-state index contributed by atoms with van der Waals surface area (Å²) in [5, 5.41) is 21.4. The molecule has 0 saturated heterocycles. The fraction of sp³-hybridized carbons (Fsp3) is 0.385. The highest BCUT2D eigenvalue weighted by Gasteiger charge is 2.46. The maximum absolute atomic E-state index is 14.2. The van der Waals surface area contributed by atoms with Gasteiger partial charge < -0.3 is 26.4 Å². The van der Waals surface area contributed by atoms with Crippen LogP contribution in [0.1, 0.15) is 53.9 Å². The first-order valence-electron chi connectivity index (χ1n) is 12.4. The van der Waals surface area contributed by atoms with E-state index in [4.69, 9.17) is 0 Å². The molecule has 13 heteroatoms. The minimum absolute atomic E-state index is 0.0130. The lowest BCUT2D eigenvalue weighted by Gasteiger charge is -2.27. The minimum atomic E-state index is -4.62. The predicted octanol–water partition coefficient (Wildman–Crippen LogP) is 4.15. The summed E-state index contributed by atoms with van der Waals surface area (Å²) in [5.41, 5.74) is 1.07. The molecule has 1 aliphatic carbocycles. The van der Waals surface area contributed by atoms with Gasteiger partial charge in [0, 0.05) is 24.0 Å². The van der Waals surface area contributed by atoms with Crippen LogP contribution in [-0.4, -0.2) is 45.2 Å². The second kappa shape index (κ2) is 9.72. The molecule has 5 rings (SSSR count). The summed E-state index contributed by atoms with van der Waals surface area (Å²) in [6, 6.07) is 8.27. The van der Waals surface area contributed by atoms with Crippen molar-refractivity contribution < 1.29 is 27.5 Å². The maximum Gasteiger partial charge on any atom is 0.405 e. The number of rotatable bonds is 7. The normalized spacial score (nSPS) is 16.0. The van der Waals surface area contributed by atoms with Gasteiger partial charge in [-0.15, -0.1) is 0 Å². The predicted molar refractivity (Wildman–Crippen MR) is 135 cm³/mol. The number of alkyl halides is 3. The van der Waals surface area contributed by atoms with Crippen molar-refractivity contribution in [3.8, 4) is 0 Å². The smallest absolute Gasteiger partial charge is 0.384 e. The van der Waals surface area contributed by atoms with Gasteiger partial charge in [-0.05, 0) is 68.5 Å². The zero-order chi connectivity index (χ0) is 28.0. The molecule has 1 aromatic carbocycles. The van der Waals surface area contributed by atoms with Crippen LogP contribution in [0.25, 0.3) is 0 Å². The number of hydrogen-bond donors (Lipinski definition) is 5. The van der Waals surface area contributed by atoms with Crippen molar-refractivity contribution in [1.29, 1.82) is 0 Å². The second-order valence-electron chi connectivity index (χ2n) is 10.2. The van der Waals surface area contributed by atoms with E-state index in [9.17, 15) is 27.5 Å². The third kappa shape index (κ3) is 5.93. The molecular formula is C26H27F4N7O2. The van der Waals surface area contributed by atoms with Gasteiger partial charge in [-0.25, -0.2) is 14.4 Å². The van der Waals surface area contributed by atoms with Crippen molar-refractivity contribution in [2.45, 2.75) is 50.4 Å². The lowest BCUT2D eigenvalue weighted by atomic mass is 9.92. The van der Waals surface area contributed by atoms with Crippen LogP contribution >= 0.6 is 0 Å². The van der Waals surface area contributed by atoms with E-state index in [0.29, 0.717) is 5.69 Å². The summed E-state index contributed by atoms with van der Waals surface area (Å²) in [5.74, 6) is -1.89. The van der Waals surface area contributed by atoms with E-state index in [1.54, 1.807) is 5.32 Å². The fourth-order valence-electron chi connectivity index (χ4n) is 4.62. The summed E-state index contributed by atoms with van der Waals surface area (Å²) in [6.45, 7) is 2.03. The van der Waals surface area contributed by atoms with Gasteiger partial charge in [0.25, 0.3) is 5.91 Å². The molecule has 1 amide bonds. The van der Waals surface area contributed by atoms with Crippen molar-refractivity contribution in [2.24, 2.45) is 0 Å². The van der Waals surface area contributed by atoms with Gasteiger partial charge >= 0.3 is 6.18 Å². The van der Waals surface area contributed by atoms with Gasteiger partial charge in [-0.2, -0.15) is 18.2 Å². The number of aliphatic hydroxyl groups is 1. The molecule has 206 valence electrons. The minimum Gasteiger partial charge on any atom is -0.384 e. The Hall–Kier alpha value is -3.84. The Morgan fingerprint density at radius 2 is 1.90 bits per heavy atom. The molecule has 9 nitrogen and oxygen atoms in total. The Labute approximate surface area is 221 Å². The van der Waals surface area contributed by atoms with Gasteiger partial charge in [0.1, 0.15) is 40.9 Å². The van der Waals surface area contributed by atoms with Crippen molar-refractivity contribution in [3.05, 3.63) is 64.7 Å². The molecule has 3 aromatic rings. The molecule has 0 bridgehead atoms. The van der Waals surface area contributed by atoms with E-state index in [0.717, 1.165) is 38.1 Å². The molecule has 2 aliphatic rings. The van der Waals surface area contributed by atoms with Crippen LogP contribution in [0.2, 0.25) is 0 Å². The number of aromatic nitrogens is 3. The number of carbonyl (C=O) groups is 1. The van der Waals surface area contributed by atoms with Crippen LogP contribution in [0, 0.1) is 5.82 Å². The number of carbonyl (C=O) groups excluding carboxylic acids is 1. The van der Waals surface area contributed by atoms with Crippen LogP contribution in [0.5, 0.6) is 0 Å². The maximum atomic E-state index is 14.2. The van der Waals surface area contributed by atoms with E-state index in [1.807, 2.05) is 12.1 Å². The molecule has 1 spiro atoms. The largest absolute Gasteiger partial charge is 0.405 e. The molecule has 1 saturated carbocycles. The fourth-order valence-corrected chi connectivity index (χ4v) is 4.62. The Kier molecular flexibility index (Phi) is 6.67. The average Bonchev–Trinajstić information content (AvgIpc) is 3.62. The number of halogens is 4. The molecule has 1 fully saturated rings. The highest BCUT2D eigenvalue weighted by Crippen LogP contribution is 2.49. The number of benzene rings is 1. The number of anilines is 4. The van der Waals surface area contributed by atoms with Gasteiger partial charge in [0.2, 0.25) is 5.95 Å². The van der Waals surface area contributed by atoms with Crippen LogP contribution in [0.4, 0.5) is 40.8 Å². The van der Waals surface area contributed by atoms with Crippen LogP contribution in [0.3, 0.4) is 0 Å². The Balaban J connectivity index is 1.45. The van der Waals surface area contributed by atoms with Crippen LogP contribution in [-0.2, 0) is 17.6 Å². The van der Waals surface area contributed by atoms with Crippen LogP contribution < -0.4 is 21.3 Å². The number of amides is 1. The molecule has 3 heterocycles. The zero-order valence-electron chi connectivity index (χ0n) is 21.2. The summed E-state index contributed by atoms with van der Waals surface area (Å²) in [7, 11) is 0. The third-order valence-electron chi connectivity index (χ3n) is 6.64. The third-order valence-corrected chi connectivity index (χ3v) is 6.64. The quantitative estimate of drug-likeness (QED) is 0.281. The molecule has 2 aromatic heterocycles. The van der Waals surface area contributed by atoms with Gasteiger partial charge in [-0.3, -0.25) is 4.79 Å². The first-order chi connectivity index (χ1) is 18.3. The van der Waals surface area contributed by atoms with Crippen molar-refractivity contribution in [1.82, 2.24) is 25.6 Å². The summed E-state index contributed by atoms with van der Waals surface area (Å²) in [6.07, 6.45) is -0.485. The number of hydrogen-bond acceptors (Lipinski definition) is 8. The summed E-state index contributed by atoms with van der Waals surface area (Å²) < 4.78 is 52.4. The van der Waals surface area contributed by atoms with Crippen molar-refractivity contribution in [2.75, 3.05) is 23.7 Å². The first-order valence-corrected chi connectivity index (χ1v) is 12.4. The van der Waals surface area contributed by atoms with Crippen molar-refractivity contribution >= 4 is 29.2 Å². The standard InChI is InChI=1S/C26H27F4N7O2/c1-24(2,39)20-18(27)5-6-19(35-20)36-21-16(22(38)32-13-26(28,29)30)12-31-23(37-21)34-15-3-4-17-14(11-15)7-10-33-25(17)8-9-25/h3-6,11-12,33,39H,7-10,13H2,1-2H3,(H,32,38)(H2,31,34,35,36,37). The van der Waals surface area contributed by atoms with E-state index >= 15 is 0 Å². The highest BCUT2D eigenvalue weighted by molar-refractivity contribution is 5.99. The SMILES string of the molecule is CC(C)(O)c1nc(Nc2nc(Nc3ccc4c(c3)CCNC43CC3)ncc2C(=O)NCC(F)(F)F)ccc1F. The molecule has 0 unspecified atom stereocenters. The summed E-state index contributed by atoms with van der Waals surface area (Å²) >= 11 is 0. The van der Waals surface area contributed by atoms with E-state index in [1.165, 1.54) is 31.0 Å². The average molecular weight is 546 g/mol. The molecule has 0 atom stereocenters. The van der Waals surface area contributed by atoms with Crippen LogP contribution in [0.15, 0.2) is 36.5 Å². The molecule has 0 radical (unpaired) electrons. The number of nitrogens with one attached hydrogen (secondary N) is 4. The molecule has 39 heavy (non-hydrogen) atoms. The molecule has 1 aliphatic heterocycles. The van der Waals surface area contributed by atoms with Gasteiger partial charge in [0.15, 0.2) is 0 Å². The Morgan fingerprint density at radius 3 is 2.59 bits per heavy atom. The van der Waals surface area contributed by atoms with Gasteiger partial charge in [-0.1, -0.05) is 6.07 Å². The topological polar surface area (TPSA) is 124 Å². The van der Waals surface area contributed by atoms with Gasteiger partial charge in [0.05, 0.1) is 0 Å². The number of nitrogens with zero attached hydrogens (tertiary/aromatic N) is 3. The summed E-state index contributed by atoms with van der Waals surface area (Å²) in [4.78, 5) is 25.1. The van der Waals surface area contributed by atoms with E-state index in [-0.39, 0.29) is 34.4 Å². The van der Waals surface area contributed by atoms with E-state index < -0.39 is 30.0 Å². The highest BCUT2D eigenvalue weighted by atomic mass is 19.4. The first kappa shape index (κ1) is 26.8. The van der Waals surface area contributed by atoms with Crippen molar-refractivity contribution in [3.63, 3.8) is 0 Å². The Bertz CT molecular complexity index is 1420. The number of fused-ring (bicyclic) bond motifs is 2.